The average Bonchev–Trinajstić information content (AvgIpc) is 2.48. The summed E-state index contributed by atoms with van der Waals surface area (Å²) in [6.45, 7) is 6.73. The first-order chi connectivity index (χ1) is 9.61. The Bertz CT molecular complexity index is 450. The van der Waals surface area contributed by atoms with E-state index in [0.717, 1.165) is 24.6 Å². The van der Waals surface area contributed by atoms with Gasteiger partial charge in [0.1, 0.15) is 12.4 Å². The first-order valence-electron chi connectivity index (χ1n) is 7.00. The monoisotopic (exact) mass is 313 g/mol. The van der Waals surface area contributed by atoms with Crippen molar-refractivity contribution in [1.29, 1.82) is 0 Å². The number of ether oxygens (including phenoxy) is 1. The molecule has 112 valence electrons. The molecular formula is C15H23NO2S2. The van der Waals surface area contributed by atoms with Crippen molar-refractivity contribution in [3.63, 3.8) is 0 Å². The molecule has 3 atom stereocenters. The highest BCUT2D eigenvalue weighted by molar-refractivity contribution is 7.98. The van der Waals surface area contributed by atoms with Gasteiger partial charge in [-0.1, -0.05) is 0 Å². The number of hydrogen-bond acceptors (Lipinski definition) is 4. The van der Waals surface area contributed by atoms with Crippen LogP contribution in [0.5, 0.6) is 5.75 Å². The molecule has 20 heavy (non-hydrogen) atoms. The number of benzene rings is 1. The minimum atomic E-state index is -0.666. The van der Waals surface area contributed by atoms with Gasteiger partial charge < -0.3 is 4.74 Å². The SMILES string of the molecule is CSc1ccc(OCCN2CC[S@](=O)[C@H](C)[C@H]2C)cc1. The molecule has 1 heterocycles. The van der Waals surface area contributed by atoms with E-state index >= 15 is 0 Å². The summed E-state index contributed by atoms with van der Waals surface area (Å²) < 4.78 is 17.5. The average molecular weight is 313 g/mol. The van der Waals surface area contributed by atoms with Crippen LogP contribution in [0.3, 0.4) is 0 Å². The van der Waals surface area contributed by atoms with Crippen molar-refractivity contribution in [1.82, 2.24) is 4.90 Å². The lowest BCUT2D eigenvalue weighted by Crippen LogP contribution is -2.50. The molecule has 1 aromatic carbocycles. The van der Waals surface area contributed by atoms with E-state index in [4.69, 9.17) is 4.74 Å². The Balaban J connectivity index is 1.79. The zero-order valence-electron chi connectivity index (χ0n) is 12.4. The highest BCUT2D eigenvalue weighted by Gasteiger charge is 2.29. The van der Waals surface area contributed by atoms with Gasteiger partial charge in [-0.2, -0.15) is 0 Å². The predicted molar refractivity (Wildman–Crippen MR) is 87.2 cm³/mol. The maximum Gasteiger partial charge on any atom is 0.119 e. The fourth-order valence-electron chi connectivity index (χ4n) is 2.38. The van der Waals surface area contributed by atoms with Crippen LogP contribution in [0.15, 0.2) is 29.2 Å². The van der Waals surface area contributed by atoms with E-state index in [2.05, 4.69) is 37.1 Å². The van der Waals surface area contributed by atoms with Crippen molar-refractivity contribution in [3.05, 3.63) is 24.3 Å². The molecule has 2 rings (SSSR count). The summed E-state index contributed by atoms with van der Waals surface area (Å²) in [4.78, 5) is 3.63. The quantitative estimate of drug-likeness (QED) is 0.782. The summed E-state index contributed by atoms with van der Waals surface area (Å²) in [7, 11) is -0.666. The van der Waals surface area contributed by atoms with E-state index in [0.29, 0.717) is 12.6 Å². The zero-order valence-corrected chi connectivity index (χ0v) is 14.0. The van der Waals surface area contributed by atoms with E-state index in [1.165, 1.54) is 4.90 Å². The van der Waals surface area contributed by atoms with Gasteiger partial charge in [-0.3, -0.25) is 9.11 Å². The zero-order chi connectivity index (χ0) is 14.5. The van der Waals surface area contributed by atoms with Gasteiger partial charge in [0.2, 0.25) is 0 Å². The van der Waals surface area contributed by atoms with Crippen LogP contribution in [0.25, 0.3) is 0 Å². The predicted octanol–water partition coefficient (Wildman–Crippen LogP) is 2.63. The van der Waals surface area contributed by atoms with Gasteiger partial charge in [0, 0.05) is 45.8 Å². The van der Waals surface area contributed by atoms with Gasteiger partial charge in [-0.05, 0) is 44.4 Å². The Morgan fingerprint density at radius 2 is 2.05 bits per heavy atom. The number of thioether (sulfide) groups is 1. The Morgan fingerprint density at radius 3 is 2.70 bits per heavy atom. The molecule has 0 aliphatic carbocycles. The van der Waals surface area contributed by atoms with Crippen LogP contribution >= 0.6 is 11.8 Å². The molecule has 3 nitrogen and oxygen atoms in total. The Kier molecular flexibility index (Phi) is 5.93. The lowest BCUT2D eigenvalue weighted by Gasteiger charge is -2.37. The third kappa shape index (κ3) is 3.99. The summed E-state index contributed by atoms with van der Waals surface area (Å²) in [6.07, 6.45) is 2.07. The van der Waals surface area contributed by atoms with Crippen LogP contribution in [-0.4, -0.2) is 52.1 Å². The first-order valence-corrected chi connectivity index (χ1v) is 9.60. The molecule has 0 N–H and O–H groups in total. The highest BCUT2D eigenvalue weighted by Crippen LogP contribution is 2.19. The van der Waals surface area contributed by atoms with Gasteiger partial charge in [0.25, 0.3) is 0 Å². The maximum absolute atomic E-state index is 11.8. The van der Waals surface area contributed by atoms with Crippen molar-refractivity contribution < 1.29 is 8.95 Å². The molecule has 0 amide bonds. The smallest absolute Gasteiger partial charge is 0.119 e. The molecule has 1 aliphatic heterocycles. The fraction of sp³-hybridized carbons (Fsp3) is 0.600. The third-order valence-corrected chi connectivity index (χ3v) is 6.51. The largest absolute Gasteiger partial charge is 0.492 e. The van der Waals surface area contributed by atoms with E-state index in [-0.39, 0.29) is 5.25 Å². The number of rotatable bonds is 5. The second-order valence-corrected chi connectivity index (χ2v) is 7.88. The standard InChI is InChI=1S/C15H23NO2S2/c1-12-13(2)20(17)11-9-16(12)8-10-18-14-4-6-15(19-3)7-5-14/h4-7,12-13H,8-11H2,1-3H3/t12-,13-,20+/m1/s1. The normalized spacial score (nSPS) is 27.4. The molecular weight excluding hydrogens is 290 g/mol. The molecule has 0 aromatic heterocycles. The van der Waals surface area contributed by atoms with Crippen LogP contribution in [-0.2, 0) is 10.8 Å². The summed E-state index contributed by atoms with van der Waals surface area (Å²) in [6, 6.07) is 8.56. The minimum absolute atomic E-state index is 0.254. The van der Waals surface area contributed by atoms with Gasteiger partial charge in [0.05, 0.1) is 0 Å². The molecule has 0 saturated carbocycles. The van der Waals surface area contributed by atoms with Crippen molar-refractivity contribution in [3.8, 4) is 5.75 Å². The maximum atomic E-state index is 11.8. The second kappa shape index (κ2) is 7.48. The van der Waals surface area contributed by atoms with E-state index < -0.39 is 10.8 Å². The van der Waals surface area contributed by atoms with Gasteiger partial charge in [-0.25, -0.2) is 0 Å². The Labute approximate surface area is 128 Å². The van der Waals surface area contributed by atoms with Crippen molar-refractivity contribution >= 4 is 22.6 Å². The topological polar surface area (TPSA) is 29.5 Å². The summed E-state index contributed by atoms with van der Waals surface area (Å²) in [5, 5.41) is 0.254. The van der Waals surface area contributed by atoms with Crippen LogP contribution in [0.2, 0.25) is 0 Å². The first kappa shape index (κ1) is 15.9. The van der Waals surface area contributed by atoms with E-state index in [1.807, 2.05) is 12.1 Å². The highest BCUT2D eigenvalue weighted by atomic mass is 32.2. The molecule has 0 spiro atoms. The molecule has 0 radical (unpaired) electrons. The van der Waals surface area contributed by atoms with Gasteiger partial charge in [0.15, 0.2) is 0 Å². The lowest BCUT2D eigenvalue weighted by molar-refractivity contribution is 0.168. The van der Waals surface area contributed by atoms with Gasteiger partial charge in [-0.15, -0.1) is 11.8 Å². The number of nitrogens with zero attached hydrogens (tertiary/aromatic N) is 1. The molecule has 1 aliphatic rings. The van der Waals surface area contributed by atoms with Gasteiger partial charge >= 0.3 is 0 Å². The summed E-state index contributed by atoms with van der Waals surface area (Å²) in [5.74, 6) is 1.71. The molecule has 5 heteroatoms. The molecule has 0 bridgehead atoms. The van der Waals surface area contributed by atoms with Crippen molar-refractivity contribution in [2.75, 3.05) is 31.7 Å². The fourth-order valence-corrected chi connectivity index (χ4v) is 4.19. The minimum Gasteiger partial charge on any atom is -0.492 e. The molecule has 0 unspecified atom stereocenters. The third-order valence-electron chi connectivity index (χ3n) is 3.96. The number of hydrogen-bond donors (Lipinski definition) is 0. The van der Waals surface area contributed by atoms with Crippen LogP contribution < -0.4 is 4.74 Å². The second-order valence-electron chi connectivity index (χ2n) is 5.09. The van der Waals surface area contributed by atoms with E-state index in [9.17, 15) is 4.21 Å². The van der Waals surface area contributed by atoms with Crippen molar-refractivity contribution in [2.24, 2.45) is 0 Å². The summed E-state index contributed by atoms with van der Waals surface area (Å²) in [5.41, 5.74) is 0. The summed E-state index contributed by atoms with van der Waals surface area (Å²) >= 11 is 1.73. The Hall–Kier alpha value is -0.520. The Morgan fingerprint density at radius 1 is 1.35 bits per heavy atom. The van der Waals surface area contributed by atoms with Crippen molar-refractivity contribution in [2.45, 2.75) is 30.0 Å². The van der Waals surface area contributed by atoms with Crippen LogP contribution in [0, 0.1) is 0 Å². The molecule has 1 fully saturated rings. The van der Waals surface area contributed by atoms with Crippen LogP contribution in [0.1, 0.15) is 13.8 Å². The van der Waals surface area contributed by atoms with E-state index in [1.54, 1.807) is 11.8 Å². The molecule has 1 aromatic rings. The van der Waals surface area contributed by atoms with Crippen LogP contribution in [0.4, 0.5) is 0 Å². The lowest BCUT2D eigenvalue weighted by atomic mass is 10.2. The molecule has 1 saturated heterocycles.